The molecule has 11 heavy (non-hydrogen) atoms. The molecule has 0 saturated heterocycles. The van der Waals surface area contributed by atoms with Crippen LogP contribution >= 0.6 is 11.8 Å². The molecule has 0 spiro atoms. The van der Waals surface area contributed by atoms with Gasteiger partial charge >= 0.3 is 0 Å². The fourth-order valence-electron chi connectivity index (χ4n) is 1.35. The second-order valence-electron chi connectivity index (χ2n) is 3.33. The van der Waals surface area contributed by atoms with Crippen LogP contribution in [-0.2, 0) is 0 Å². The van der Waals surface area contributed by atoms with E-state index in [2.05, 4.69) is 39.5 Å². The van der Waals surface area contributed by atoms with Gasteiger partial charge in [0, 0.05) is 10.5 Å². The van der Waals surface area contributed by atoms with Crippen molar-refractivity contribution in [2.75, 3.05) is 0 Å². The summed E-state index contributed by atoms with van der Waals surface area (Å²) in [6, 6.07) is 0. The predicted molar refractivity (Wildman–Crippen MR) is 56.3 cm³/mol. The molecule has 0 bridgehead atoms. The highest BCUT2D eigenvalue weighted by atomic mass is 32.2. The summed E-state index contributed by atoms with van der Waals surface area (Å²) in [5.41, 5.74) is 0. The summed E-state index contributed by atoms with van der Waals surface area (Å²) in [6.07, 6.45) is 5.40. The number of hydrogen-bond donors (Lipinski definition) is 0. The van der Waals surface area contributed by atoms with Gasteiger partial charge in [0.05, 0.1) is 0 Å². The van der Waals surface area contributed by atoms with Crippen LogP contribution < -0.4 is 0 Å². The lowest BCUT2D eigenvalue weighted by Crippen LogP contribution is -2.03. The average molecular weight is 174 g/mol. The lowest BCUT2D eigenvalue weighted by Gasteiger charge is -2.15. The molecule has 0 aliphatic carbocycles. The summed E-state index contributed by atoms with van der Waals surface area (Å²) in [4.78, 5) is 0. The molecule has 0 heterocycles. The molecule has 0 aromatic rings. The highest BCUT2D eigenvalue weighted by Crippen LogP contribution is 2.23. The van der Waals surface area contributed by atoms with E-state index in [1.807, 2.05) is 0 Å². The van der Waals surface area contributed by atoms with Crippen molar-refractivity contribution >= 4 is 11.8 Å². The zero-order valence-corrected chi connectivity index (χ0v) is 9.21. The minimum atomic E-state index is 0.863. The van der Waals surface area contributed by atoms with Gasteiger partial charge < -0.3 is 0 Å². The SMILES string of the molecule is CCCC(C)SC(C)CCC. The summed E-state index contributed by atoms with van der Waals surface area (Å²) >= 11 is 2.15. The van der Waals surface area contributed by atoms with Gasteiger partial charge in [-0.15, -0.1) is 0 Å². The zero-order chi connectivity index (χ0) is 8.69. The van der Waals surface area contributed by atoms with Gasteiger partial charge in [0.2, 0.25) is 0 Å². The van der Waals surface area contributed by atoms with Gasteiger partial charge in [0.25, 0.3) is 0 Å². The van der Waals surface area contributed by atoms with Crippen molar-refractivity contribution < 1.29 is 0 Å². The molecular weight excluding hydrogens is 152 g/mol. The van der Waals surface area contributed by atoms with Gasteiger partial charge in [-0.3, -0.25) is 0 Å². The predicted octanol–water partition coefficient (Wildman–Crippen LogP) is 4.10. The monoisotopic (exact) mass is 174 g/mol. The normalized spacial score (nSPS) is 16.4. The van der Waals surface area contributed by atoms with E-state index < -0.39 is 0 Å². The Labute approximate surface area is 76.1 Å². The molecule has 68 valence electrons. The molecule has 0 fully saturated rings. The van der Waals surface area contributed by atoms with Crippen molar-refractivity contribution in [1.82, 2.24) is 0 Å². The van der Waals surface area contributed by atoms with Crippen LogP contribution in [0.15, 0.2) is 0 Å². The van der Waals surface area contributed by atoms with Gasteiger partial charge in [0.15, 0.2) is 0 Å². The Kier molecular flexibility index (Phi) is 7.25. The Hall–Kier alpha value is 0.350. The standard InChI is InChI=1S/C10H22S/c1-5-7-9(3)11-10(4)8-6-2/h9-10H,5-8H2,1-4H3. The van der Waals surface area contributed by atoms with E-state index in [-0.39, 0.29) is 0 Å². The van der Waals surface area contributed by atoms with Crippen molar-refractivity contribution in [3.63, 3.8) is 0 Å². The quantitative estimate of drug-likeness (QED) is 0.584. The highest BCUT2D eigenvalue weighted by molar-refractivity contribution is 8.00. The van der Waals surface area contributed by atoms with Crippen molar-refractivity contribution in [3.8, 4) is 0 Å². The van der Waals surface area contributed by atoms with Gasteiger partial charge in [0.1, 0.15) is 0 Å². The van der Waals surface area contributed by atoms with E-state index in [9.17, 15) is 0 Å². The summed E-state index contributed by atoms with van der Waals surface area (Å²) in [5.74, 6) is 0. The fraction of sp³-hybridized carbons (Fsp3) is 1.00. The number of rotatable bonds is 6. The first-order valence-electron chi connectivity index (χ1n) is 4.86. The van der Waals surface area contributed by atoms with Crippen LogP contribution in [0.1, 0.15) is 53.4 Å². The van der Waals surface area contributed by atoms with E-state index in [0.717, 1.165) is 10.5 Å². The zero-order valence-electron chi connectivity index (χ0n) is 8.39. The first-order chi connectivity index (χ1) is 5.20. The van der Waals surface area contributed by atoms with Crippen molar-refractivity contribution in [3.05, 3.63) is 0 Å². The molecule has 0 saturated carbocycles. The minimum Gasteiger partial charge on any atom is -0.156 e. The molecule has 0 aromatic heterocycles. The number of hydrogen-bond acceptors (Lipinski definition) is 1. The lowest BCUT2D eigenvalue weighted by molar-refractivity contribution is 0.755. The van der Waals surface area contributed by atoms with Gasteiger partial charge in [-0.2, -0.15) is 11.8 Å². The Morgan fingerprint density at radius 1 is 0.909 bits per heavy atom. The van der Waals surface area contributed by atoms with Crippen LogP contribution in [-0.4, -0.2) is 10.5 Å². The topological polar surface area (TPSA) is 0 Å². The van der Waals surface area contributed by atoms with Crippen molar-refractivity contribution in [1.29, 1.82) is 0 Å². The molecule has 0 N–H and O–H groups in total. The van der Waals surface area contributed by atoms with Gasteiger partial charge in [-0.1, -0.05) is 40.5 Å². The Bertz CT molecular complexity index is 70.9. The molecule has 0 aromatic carbocycles. The van der Waals surface area contributed by atoms with Crippen LogP contribution in [0.25, 0.3) is 0 Å². The third-order valence-corrected chi connectivity index (χ3v) is 3.26. The lowest BCUT2D eigenvalue weighted by atomic mass is 10.3. The molecule has 2 atom stereocenters. The third kappa shape index (κ3) is 6.74. The molecule has 0 radical (unpaired) electrons. The third-order valence-electron chi connectivity index (χ3n) is 1.86. The fourth-order valence-corrected chi connectivity index (χ4v) is 2.88. The van der Waals surface area contributed by atoms with Gasteiger partial charge in [-0.05, 0) is 12.8 Å². The van der Waals surface area contributed by atoms with Crippen LogP contribution in [0, 0.1) is 0 Å². The van der Waals surface area contributed by atoms with Crippen LogP contribution in [0.3, 0.4) is 0 Å². The number of thioether (sulfide) groups is 1. The maximum absolute atomic E-state index is 2.35. The van der Waals surface area contributed by atoms with Crippen molar-refractivity contribution in [2.24, 2.45) is 0 Å². The first kappa shape index (κ1) is 11.4. The maximum atomic E-state index is 2.35. The van der Waals surface area contributed by atoms with Crippen LogP contribution in [0.2, 0.25) is 0 Å². The summed E-state index contributed by atoms with van der Waals surface area (Å²) in [6.45, 7) is 9.23. The molecule has 0 rings (SSSR count). The Morgan fingerprint density at radius 2 is 1.27 bits per heavy atom. The Balaban J connectivity index is 3.32. The van der Waals surface area contributed by atoms with Crippen LogP contribution in [0.5, 0.6) is 0 Å². The minimum absolute atomic E-state index is 0.863. The molecule has 0 aliphatic rings. The Morgan fingerprint density at radius 3 is 1.55 bits per heavy atom. The molecule has 0 nitrogen and oxygen atoms in total. The molecular formula is C10H22S. The smallest absolute Gasteiger partial charge is 0.00212 e. The highest BCUT2D eigenvalue weighted by Gasteiger charge is 2.06. The van der Waals surface area contributed by atoms with Crippen LogP contribution in [0.4, 0.5) is 0 Å². The van der Waals surface area contributed by atoms with E-state index in [1.54, 1.807) is 0 Å². The molecule has 1 heteroatoms. The average Bonchev–Trinajstić information content (AvgIpc) is 1.87. The van der Waals surface area contributed by atoms with E-state index in [4.69, 9.17) is 0 Å². The second kappa shape index (κ2) is 7.02. The van der Waals surface area contributed by atoms with Crippen molar-refractivity contribution in [2.45, 2.75) is 63.9 Å². The summed E-state index contributed by atoms with van der Waals surface area (Å²) < 4.78 is 0. The largest absolute Gasteiger partial charge is 0.156 e. The molecule has 0 amide bonds. The molecule has 0 aliphatic heterocycles. The maximum Gasteiger partial charge on any atom is 0.00212 e. The van der Waals surface area contributed by atoms with E-state index in [1.165, 1.54) is 25.7 Å². The van der Waals surface area contributed by atoms with Gasteiger partial charge in [-0.25, -0.2) is 0 Å². The molecule has 2 unspecified atom stereocenters. The summed E-state index contributed by atoms with van der Waals surface area (Å²) in [5, 5.41) is 1.73. The summed E-state index contributed by atoms with van der Waals surface area (Å²) in [7, 11) is 0. The second-order valence-corrected chi connectivity index (χ2v) is 5.22. The van der Waals surface area contributed by atoms with E-state index >= 15 is 0 Å². The van der Waals surface area contributed by atoms with E-state index in [0.29, 0.717) is 0 Å². The first-order valence-corrected chi connectivity index (χ1v) is 5.80.